The summed E-state index contributed by atoms with van der Waals surface area (Å²) in [6.45, 7) is 2.58. The maximum absolute atomic E-state index is 11.9. The number of amides is 1. The first-order valence-corrected chi connectivity index (χ1v) is 9.40. The largest absolute Gasteiger partial charge is 0.493 e. The molecule has 122 valence electrons. The van der Waals surface area contributed by atoms with Crippen LogP contribution in [0.15, 0.2) is 59.1 Å². The normalized spacial score (nSPS) is 11.7. The maximum atomic E-state index is 11.9. The Morgan fingerprint density at radius 1 is 1.22 bits per heavy atom. The molecular formula is C18H20BrNO2S. The third kappa shape index (κ3) is 6.67. The quantitative estimate of drug-likeness (QED) is 0.673. The molecule has 0 saturated carbocycles. The van der Waals surface area contributed by atoms with E-state index in [1.54, 1.807) is 11.8 Å². The number of carbonyl (C=O) groups is 1. The molecule has 1 atom stereocenters. The van der Waals surface area contributed by atoms with Gasteiger partial charge in [-0.2, -0.15) is 0 Å². The van der Waals surface area contributed by atoms with Crippen molar-refractivity contribution in [1.82, 2.24) is 5.32 Å². The zero-order valence-corrected chi connectivity index (χ0v) is 15.4. The highest BCUT2D eigenvalue weighted by atomic mass is 79.9. The summed E-state index contributed by atoms with van der Waals surface area (Å²) >= 11 is 4.98. The summed E-state index contributed by atoms with van der Waals surface area (Å²) in [6, 6.07) is 17.7. The third-order valence-corrected chi connectivity index (χ3v) is 4.62. The molecule has 2 rings (SSSR count). The average molecular weight is 394 g/mol. The second-order valence-corrected chi connectivity index (χ2v) is 7.08. The fourth-order valence-electron chi connectivity index (χ4n) is 2.05. The molecule has 0 aliphatic rings. The zero-order chi connectivity index (χ0) is 16.5. The van der Waals surface area contributed by atoms with Crippen LogP contribution in [0.3, 0.4) is 0 Å². The monoisotopic (exact) mass is 393 g/mol. The number of rotatable bonds is 8. The number of ether oxygens (including phenoxy) is 1. The van der Waals surface area contributed by atoms with Crippen molar-refractivity contribution in [2.75, 3.05) is 18.1 Å². The number of carbonyl (C=O) groups excluding carboxylic acids is 1. The van der Waals surface area contributed by atoms with Gasteiger partial charge < -0.3 is 10.1 Å². The van der Waals surface area contributed by atoms with Gasteiger partial charge in [0.15, 0.2) is 0 Å². The first-order chi connectivity index (χ1) is 11.1. The molecule has 0 aromatic heterocycles. The summed E-state index contributed by atoms with van der Waals surface area (Å²) < 4.78 is 6.63. The number of thioether (sulfide) groups is 1. The minimum atomic E-state index is 0.0298. The fraction of sp³-hybridized carbons (Fsp3) is 0.278. The van der Waals surface area contributed by atoms with Crippen molar-refractivity contribution in [3.63, 3.8) is 0 Å². The zero-order valence-electron chi connectivity index (χ0n) is 13.0. The van der Waals surface area contributed by atoms with Crippen LogP contribution in [0.2, 0.25) is 0 Å². The lowest BCUT2D eigenvalue weighted by atomic mass is 10.1. The SMILES string of the molecule is C[C@@H](NC(=O)CSCCOc1cccc(Br)c1)c1ccccc1. The van der Waals surface area contributed by atoms with Gasteiger partial charge in [0, 0.05) is 10.2 Å². The van der Waals surface area contributed by atoms with Crippen LogP contribution >= 0.6 is 27.7 Å². The van der Waals surface area contributed by atoms with Gasteiger partial charge in [0.25, 0.3) is 0 Å². The van der Waals surface area contributed by atoms with Gasteiger partial charge in [-0.25, -0.2) is 0 Å². The number of benzene rings is 2. The van der Waals surface area contributed by atoms with Gasteiger partial charge in [0.2, 0.25) is 5.91 Å². The van der Waals surface area contributed by atoms with Gasteiger partial charge in [0.05, 0.1) is 18.4 Å². The summed E-state index contributed by atoms with van der Waals surface area (Å²) in [5.74, 6) is 2.11. The first kappa shape index (κ1) is 17.9. The van der Waals surface area contributed by atoms with E-state index in [4.69, 9.17) is 4.74 Å². The van der Waals surface area contributed by atoms with Crippen LogP contribution < -0.4 is 10.1 Å². The Morgan fingerprint density at radius 2 is 2.00 bits per heavy atom. The lowest BCUT2D eigenvalue weighted by Gasteiger charge is -2.14. The van der Waals surface area contributed by atoms with Gasteiger partial charge >= 0.3 is 0 Å². The van der Waals surface area contributed by atoms with Crippen molar-refractivity contribution < 1.29 is 9.53 Å². The second kappa shape index (κ2) is 9.63. The Balaban J connectivity index is 1.61. The molecule has 2 aromatic carbocycles. The van der Waals surface area contributed by atoms with Gasteiger partial charge in [-0.3, -0.25) is 4.79 Å². The predicted molar refractivity (Wildman–Crippen MR) is 100.0 cm³/mol. The Bertz CT molecular complexity index is 621. The van der Waals surface area contributed by atoms with Crippen molar-refractivity contribution in [3.8, 4) is 5.75 Å². The molecule has 1 N–H and O–H groups in total. The Hall–Kier alpha value is -1.46. The molecule has 0 fully saturated rings. The summed E-state index contributed by atoms with van der Waals surface area (Å²) in [7, 11) is 0. The molecule has 0 heterocycles. The first-order valence-electron chi connectivity index (χ1n) is 7.45. The predicted octanol–water partition coefficient (Wildman–Crippen LogP) is 4.44. The number of halogens is 1. The lowest BCUT2D eigenvalue weighted by molar-refractivity contribution is -0.119. The Morgan fingerprint density at radius 3 is 2.74 bits per heavy atom. The van der Waals surface area contributed by atoms with Crippen LogP contribution in [0.25, 0.3) is 0 Å². The van der Waals surface area contributed by atoms with Crippen molar-refractivity contribution in [1.29, 1.82) is 0 Å². The highest BCUT2D eigenvalue weighted by Gasteiger charge is 2.08. The molecule has 23 heavy (non-hydrogen) atoms. The van der Waals surface area contributed by atoms with E-state index in [0.29, 0.717) is 12.4 Å². The van der Waals surface area contributed by atoms with E-state index < -0.39 is 0 Å². The molecular weight excluding hydrogens is 374 g/mol. The van der Waals surface area contributed by atoms with E-state index in [1.807, 2.05) is 61.5 Å². The highest BCUT2D eigenvalue weighted by molar-refractivity contribution is 9.10. The maximum Gasteiger partial charge on any atom is 0.230 e. The molecule has 3 nitrogen and oxygen atoms in total. The van der Waals surface area contributed by atoms with Crippen molar-refractivity contribution in [2.24, 2.45) is 0 Å². The molecule has 2 aromatic rings. The molecule has 1 amide bonds. The molecule has 0 aliphatic heterocycles. The summed E-state index contributed by atoms with van der Waals surface area (Å²) in [6.07, 6.45) is 0. The van der Waals surface area contributed by atoms with E-state index in [0.717, 1.165) is 21.5 Å². The average Bonchev–Trinajstić information content (AvgIpc) is 2.55. The highest BCUT2D eigenvalue weighted by Crippen LogP contribution is 2.18. The molecule has 0 spiro atoms. The molecule has 5 heteroatoms. The van der Waals surface area contributed by atoms with E-state index in [9.17, 15) is 4.79 Å². The lowest BCUT2D eigenvalue weighted by Crippen LogP contribution is -2.28. The van der Waals surface area contributed by atoms with Crippen LogP contribution in [0, 0.1) is 0 Å². The Labute approximate surface area is 149 Å². The standard InChI is InChI=1S/C18H20BrNO2S/c1-14(15-6-3-2-4-7-15)20-18(21)13-23-11-10-22-17-9-5-8-16(19)12-17/h2-9,12,14H,10-11,13H2,1H3,(H,20,21)/t14-/m1/s1. The van der Waals surface area contributed by atoms with Crippen LogP contribution in [-0.4, -0.2) is 24.0 Å². The van der Waals surface area contributed by atoms with E-state index in [-0.39, 0.29) is 11.9 Å². The molecule has 0 saturated heterocycles. The summed E-state index contributed by atoms with van der Waals surface area (Å²) in [4.78, 5) is 11.9. The van der Waals surface area contributed by atoms with Crippen molar-refractivity contribution >= 4 is 33.6 Å². The number of hydrogen-bond acceptors (Lipinski definition) is 3. The molecule has 0 unspecified atom stereocenters. The van der Waals surface area contributed by atoms with Crippen LogP contribution in [0.5, 0.6) is 5.75 Å². The topological polar surface area (TPSA) is 38.3 Å². The van der Waals surface area contributed by atoms with Gasteiger partial charge in [-0.15, -0.1) is 11.8 Å². The smallest absolute Gasteiger partial charge is 0.230 e. The third-order valence-electron chi connectivity index (χ3n) is 3.20. The molecule has 0 radical (unpaired) electrons. The second-order valence-electron chi connectivity index (χ2n) is 5.06. The van der Waals surface area contributed by atoms with Crippen LogP contribution in [-0.2, 0) is 4.79 Å². The number of nitrogens with one attached hydrogen (secondary N) is 1. The van der Waals surface area contributed by atoms with Gasteiger partial charge in [-0.05, 0) is 30.7 Å². The molecule has 0 aliphatic carbocycles. The Kier molecular flexibility index (Phi) is 7.49. The van der Waals surface area contributed by atoms with E-state index >= 15 is 0 Å². The fourth-order valence-corrected chi connectivity index (χ4v) is 3.04. The molecule has 0 bridgehead atoms. The van der Waals surface area contributed by atoms with E-state index in [2.05, 4.69) is 21.2 Å². The van der Waals surface area contributed by atoms with Crippen LogP contribution in [0.1, 0.15) is 18.5 Å². The minimum absolute atomic E-state index is 0.0298. The van der Waals surface area contributed by atoms with Crippen LogP contribution in [0.4, 0.5) is 0 Å². The van der Waals surface area contributed by atoms with Crippen molar-refractivity contribution in [3.05, 3.63) is 64.6 Å². The summed E-state index contributed by atoms with van der Waals surface area (Å²) in [5.41, 5.74) is 1.11. The summed E-state index contributed by atoms with van der Waals surface area (Å²) in [5, 5.41) is 3.01. The van der Waals surface area contributed by atoms with Gasteiger partial charge in [0.1, 0.15) is 5.75 Å². The van der Waals surface area contributed by atoms with E-state index in [1.165, 1.54) is 0 Å². The number of hydrogen-bond donors (Lipinski definition) is 1. The van der Waals surface area contributed by atoms with Crippen molar-refractivity contribution in [2.45, 2.75) is 13.0 Å². The minimum Gasteiger partial charge on any atom is -0.493 e. The van der Waals surface area contributed by atoms with Gasteiger partial charge in [-0.1, -0.05) is 52.3 Å².